The minimum Gasteiger partial charge on any atom is -0.306 e. The number of amides is 2. The van der Waals surface area contributed by atoms with Crippen molar-refractivity contribution >= 4 is 40.6 Å². The average molecular weight is 436 g/mol. The first-order valence-electron chi connectivity index (χ1n) is 9.88. The summed E-state index contributed by atoms with van der Waals surface area (Å²) in [5, 5.41) is 10.7. The van der Waals surface area contributed by atoms with Crippen LogP contribution in [-0.2, 0) is 6.42 Å². The number of carbonyl (C=O) groups excluding carboxylic acids is 1. The van der Waals surface area contributed by atoms with Gasteiger partial charge in [0, 0.05) is 27.2 Å². The molecular weight excluding hydrogens is 417 g/mol. The Hall–Kier alpha value is -2.82. The number of aryl methyl sites for hydroxylation is 1. The van der Waals surface area contributed by atoms with Gasteiger partial charge in [-0.3, -0.25) is 0 Å². The summed E-state index contributed by atoms with van der Waals surface area (Å²) < 4.78 is 0. The van der Waals surface area contributed by atoms with Gasteiger partial charge in [-0.1, -0.05) is 59.6 Å². The molecule has 3 aromatic rings. The molecule has 0 bridgehead atoms. The third-order valence-electron chi connectivity index (χ3n) is 5.74. The van der Waals surface area contributed by atoms with Crippen molar-refractivity contribution in [3.8, 4) is 0 Å². The highest BCUT2D eigenvalue weighted by Gasteiger charge is 2.43. The van der Waals surface area contributed by atoms with E-state index in [-0.39, 0.29) is 18.0 Å². The molecule has 1 aliphatic carbocycles. The maximum atomic E-state index is 13.3. The van der Waals surface area contributed by atoms with E-state index in [1.807, 2.05) is 30.3 Å². The molecule has 0 fully saturated rings. The van der Waals surface area contributed by atoms with Crippen molar-refractivity contribution in [1.29, 1.82) is 0 Å². The number of hydrazone groups is 1. The van der Waals surface area contributed by atoms with Crippen LogP contribution >= 0.6 is 23.2 Å². The second-order valence-corrected chi connectivity index (χ2v) is 8.44. The van der Waals surface area contributed by atoms with E-state index in [0.717, 1.165) is 29.7 Å². The van der Waals surface area contributed by atoms with Crippen LogP contribution in [0.1, 0.15) is 29.2 Å². The lowest BCUT2D eigenvalue weighted by Crippen LogP contribution is -2.34. The SMILES string of the molecule is O=C(Nc1ccc(Cl)cc1)N1N=C2c3ccccc3CCC2C1c1ccc(Cl)cc1. The monoisotopic (exact) mass is 435 g/mol. The normalized spacial score (nSPS) is 19.7. The van der Waals surface area contributed by atoms with Crippen molar-refractivity contribution < 1.29 is 4.79 Å². The van der Waals surface area contributed by atoms with Crippen LogP contribution in [0.4, 0.5) is 10.5 Å². The highest BCUT2D eigenvalue weighted by molar-refractivity contribution is 6.30. The number of carbonyl (C=O) groups is 1. The Morgan fingerprint density at radius 1 is 0.933 bits per heavy atom. The molecule has 2 amide bonds. The van der Waals surface area contributed by atoms with E-state index in [2.05, 4.69) is 23.5 Å². The number of halogens is 2. The number of benzene rings is 3. The van der Waals surface area contributed by atoms with Gasteiger partial charge in [-0.2, -0.15) is 5.10 Å². The van der Waals surface area contributed by atoms with Gasteiger partial charge in [0.1, 0.15) is 0 Å². The van der Waals surface area contributed by atoms with Crippen LogP contribution in [0, 0.1) is 5.92 Å². The van der Waals surface area contributed by atoms with Gasteiger partial charge in [-0.25, -0.2) is 9.80 Å². The zero-order valence-corrected chi connectivity index (χ0v) is 17.6. The zero-order chi connectivity index (χ0) is 20.7. The van der Waals surface area contributed by atoms with Crippen molar-refractivity contribution in [1.82, 2.24) is 5.01 Å². The number of nitrogens with one attached hydrogen (secondary N) is 1. The molecule has 0 saturated heterocycles. The molecule has 0 radical (unpaired) electrons. The molecule has 1 aliphatic heterocycles. The van der Waals surface area contributed by atoms with Crippen LogP contribution in [0.15, 0.2) is 77.9 Å². The third-order valence-corrected chi connectivity index (χ3v) is 6.25. The van der Waals surface area contributed by atoms with E-state index >= 15 is 0 Å². The molecule has 5 rings (SSSR count). The van der Waals surface area contributed by atoms with Gasteiger partial charge >= 0.3 is 6.03 Å². The first-order chi connectivity index (χ1) is 14.6. The van der Waals surface area contributed by atoms with Crippen molar-refractivity contribution in [2.24, 2.45) is 11.0 Å². The highest BCUT2D eigenvalue weighted by Crippen LogP contribution is 2.43. The summed E-state index contributed by atoms with van der Waals surface area (Å²) in [4.78, 5) is 13.3. The van der Waals surface area contributed by atoms with Crippen molar-refractivity contribution in [2.45, 2.75) is 18.9 Å². The molecule has 1 heterocycles. The van der Waals surface area contributed by atoms with Gasteiger partial charge in [0.2, 0.25) is 0 Å². The Balaban J connectivity index is 1.53. The van der Waals surface area contributed by atoms with Crippen LogP contribution in [-0.4, -0.2) is 16.8 Å². The number of urea groups is 1. The number of nitrogens with zero attached hydrogens (tertiary/aromatic N) is 2. The maximum absolute atomic E-state index is 13.3. The Morgan fingerprint density at radius 3 is 2.33 bits per heavy atom. The maximum Gasteiger partial charge on any atom is 0.342 e. The second kappa shape index (κ2) is 7.78. The van der Waals surface area contributed by atoms with Gasteiger partial charge in [0.05, 0.1) is 11.8 Å². The fourth-order valence-electron chi connectivity index (χ4n) is 4.34. The van der Waals surface area contributed by atoms with E-state index in [1.54, 1.807) is 29.3 Å². The fraction of sp³-hybridized carbons (Fsp3) is 0.167. The van der Waals surface area contributed by atoms with Crippen LogP contribution in [0.5, 0.6) is 0 Å². The van der Waals surface area contributed by atoms with Crippen molar-refractivity contribution in [3.63, 3.8) is 0 Å². The van der Waals surface area contributed by atoms with E-state index in [0.29, 0.717) is 15.7 Å². The fourth-order valence-corrected chi connectivity index (χ4v) is 4.59. The van der Waals surface area contributed by atoms with Gasteiger partial charge in [-0.05, 0) is 60.4 Å². The summed E-state index contributed by atoms with van der Waals surface area (Å²) in [6.07, 6.45) is 1.91. The van der Waals surface area contributed by atoms with Gasteiger partial charge in [0.15, 0.2) is 0 Å². The third kappa shape index (κ3) is 3.47. The molecule has 6 heteroatoms. The minimum absolute atomic E-state index is 0.136. The Morgan fingerprint density at radius 2 is 1.60 bits per heavy atom. The molecule has 2 atom stereocenters. The van der Waals surface area contributed by atoms with Crippen LogP contribution in [0.25, 0.3) is 0 Å². The zero-order valence-electron chi connectivity index (χ0n) is 16.1. The van der Waals surface area contributed by atoms with Crippen LogP contribution < -0.4 is 5.32 Å². The molecule has 0 aromatic heterocycles. The van der Waals surface area contributed by atoms with Crippen molar-refractivity contribution in [2.75, 3.05) is 5.32 Å². The molecular formula is C24H19Cl2N3O. The molecule has 30 heavy (non-hydrogen) atoms. The lowest BCUT2D eigenvalue weighted by Gasteiger charge is -2.29. The summed E-state index contributed by atoms with van der Waals surface area (Å²) in [7, 11) is 0. The quantitative estimate of drug-likeness (QED) is 0.487. The summed E-state index contributed by atoms with van der Waals surface area (Å²) in [6, 6.07) is 22.6. The summed E-state index contributed by atoms with van der Waals surface area (Å²) in [5.74, 6) is 0.136. The van der Waals surface area contributed by atoms with Gasteiger partial charge in [0.25, 0.3) is 0 Å². The number of hydrogen-bond acceptors (Lipinski definition) is 2. The average Bonchev–Trinajstić information content (AvgIpc) is 3.16. The van der Waals surface area contributed by atoms with Crippen LogP contribution in [0.3, 0.4) is 0 Å². The number of rotatable bonds is 2. The summed E-state index contributed by atoms with van der Waals surface area (Å²) in [6.45, 7) is 0. The lowest BCUT2D eigenvalue weighted by atomic mass is 9.77. The molecule has 0 spiro atoms. The topological polar surface area (TPSA) is 44.7 Å². The first-order valence-corrected chi connectivity index (χ1v) is 10.6. The molecule has 3 aromatic carbocycles. The van der Waals surface area contributed by atoms with Gasteiger partial charge < -0.3 is 5.32 Å². The smallest absolute Gasteiger partial charge is 0.306 e. The molecule has 2 aliphatic rings. The summed E-state index contributed by atoms with van der Waals surface area (Å²) >= 11 is 12.1. The van der Waals surface area contributed by atoms with E-state index in [4.69, 9.17) is 28.3 Å². The lowest BCUT2D eigenvalue weighted by molar-refractivity contribution is 0.188. The predicted molar refractivity (Wildman–Crippen MR) is 121 cm³/mol. The van der Waals surface area contributed by atoms with E-state index in [1.165, 1.54) is 5.56 Å². The van der Waals surface area contributed by atoms with Crippen LogP contribution in [0.2, 0.25) is 10.0 Å². The number of anilines is 1. The van der Waals surface area contributed by atoms with E-state index < -0.39 is 0 Å². The van der Waals surface area contributed by atoms with Gasteiger partial charge in [-0.15, -0.1) is 0 Å². The molecule has 0 saturated carbocycles. The first kappa shape index (κ1) is 19.2. The van der Waals surface area contributed by atoms with Crippen molar-refractivity contribution in [3.05, 3.63) is 99.5 Å². The molecule has 2 unspecified atom stereocenters. The molecule has 150 valence electrons. The van der Waals surface area contributed by atoms with E-state index in [9.17, 15) is 4.79 Å². The largest absolute Gasteiger partial charge is 0.342 e. The number of fused-ring (bicyclic) bond motifs is 3. The Labute approximate surface area is 185 Å². The Kier molecular flexibility index (Phi) is 4.97. The predicted octanol–water partition coefficient (Wildman–Crippen LogP) is 6.55. The Bertz CT molecular complexity index is 1130. The number of hydrogen-bond donors (Lipinski definition) is 1. The molecule has 4 nitrogen and oxygen atoms in total. The highest BCUT2D eigenvalue weighted by atomic mass is 35.5. The second-order valence-electron chi connectivity index (χ2n) is 7.57. The summed E-state index contributed by atoms with van der Waals surface area (Å²) in [5.41, 5.74) is 5.09. The minimum atomic E-state index is -0.267. The molecule has 1 N–H and O–H groups in total. The standard InChI is InChI=1S/C24H19Cl2N3O/c25-17-8-5-16(6-9-17)23-21-14-7-15-3-1-2-4-20(15)22(21)28-29(23)24(30)27-19-12-10-18(26)11-13-19/h1-6,8-13,21,23H,7,14H2,(H,27,30).